The Morgan fingerprint density at radius 3 is 2.59 bits per heavy atom. The minimum atomic E-state index is -0.355. The van der Waals surface area contributed by atoms with Crippen molar-refractivity contribution in [1.29, 1.82) is 0 Å². The maximum absolute atomic E-state index is 14.0. The number of aromatic nitrogens is 3. The van der Waals surface area contributed by atoms with Gasteiger partial charge >= 0.3 is 0 Å². The van der Waals surface area contributed by atoms with Gasteiger partial charge in [0.15, 0.2) is 11.0 Å². The molecule has 1 unspecified atom stereocenters. The predicted octanol–water partition coefficient (Wildman–Crippen LogP) is 3.73. The summed E-state index contributed by atoms with van der Waals surface area (Å²) in [6.45, 7) is 4.31. The smallest absolute Gasteiger partial charge is 0.233 e. The van der Waals surface area contributed by atoms with Crippen molar-refractivity contribution in [2.75, 3.05) is 0 Å². The van der Waals surface area contributed by atoms with Crippen molar-refractivity contribution in [1.82, 2.24) is 20.1 Å². The van der Waals surface area contributed by atoms with Crippen molar-refractivity contribution >= 4 is 17.7 Å². The Hall–Kier alpha value is -2.67. The van der Waals surface area contributed by atoms with Gasteiger partial charge in [-0.3, -0.25) is 4.79 Å². The van der Waals surface area contributed by atoms with Gasteiger partial charge in [-0.2, -0.15) is 0 Å². The van der Waals surface area contributed by atoms with Crippen molar-refractivity contribution in [3.05, 3.63) is 65.5 Å². The second kappa shape index (κ2) is 8.35. The molecule has 0 fully saturated rings. The van der Waals surface area contributed by atoms with Gasteiger partial charge in [0.25, 0.3) is 0 Å². The fourth-order valence-corrected chi connectivity index (χ4v) is 3.38. The predicted molar refractivity (Wildman–Crippen MR) is 105 cm³/mol. The number of carbonyl (C=O) groups excluding carboxylic acids is 1. The molecule has 0 saturated carbocycles. The molecule has 5 nitrogen and oxygen atoms in total. The molecule has 3 rings (SSSR count). The number of carbonyl (C=O) groups is 1. The quantitative estimate of drug-likeness (QED) is 0.658. The van der Waals surface area contributed by atoms with Gasteiger partial charge < -0.3 is 9.88 Å². The number of hydrogen-bond acceptors (Lipinski definition) is 4. The third-order valence-electron chi connectivity index (χ3n) is 4.19. The van der Waals surface area contributed by atoms with Crippen molar-refractivity contribution < 1.29 is 9.18 Å². The van der Waals surface area contributed by atoms with Gasteiger partial charge in [-0.25, -0.2) is 4.39 Å². The first-order valence-corrected chi connectivity index (χ1v) is 9.48. The van der Waals surface area contributed by atoms with Crippen LogP contribution >= 0.6 is 11.8 Å². The second-order valence-corrected chi connectivity index (χ2v) is 7.62. The molecule has 1 atom stereocenters. The zero-order valence-electron chi connectivity index (χ0n) is 15.4. The van der Waals surface area contributed by atoms with Gasteiger partial charge in [0, 0.05) is 13.6 Å². The van der Waals surface area contributed by atoms with Crippen LogP contribution in [0.15, 0.2) is 53.7 Å². The average molecular weight is 384 g/mol. The number of halogens is 1. The molecule has 0 aliphatic rings. The number of rotatable bonds is 6. The van der Waals surface area contributed by atoms with Gasteiger partial charge in [-0.05, 0) is 31.5 Å². The summed E-state index contributed by atoms with van der Waals surface area (Å²) >= 11 is 1.29. The lowest BCUT2D eigenvalue weighted by molar-refractivity contribution is -0.120. The lowest BCUT2D eigenvalue weighted by Crippen LogP contribution is -2.30. The van der Waals surface area contributed by atoms with Crippen molar-refractivity contribution in [2.24, 2.45) is 7.05 Å². The highest BCUT2D eigenvalue weighted by molar-refractivity contribution is 8.00. The number of thioether (sulfide) groups is 1. The highest BCUT2D eigenvalue weighted by Gasteiger charge is 2.20. The molecule has 1 heterocycles. The van der Waals surface area contributed by atoms with Gasteiger partial charge in [0.1, 0.15) is 5.82 Å². The standard InChI is InChI=1S/C20H21FN4OS/c1-13-8-10-15(11-9-13)12-22-19(26)14(2)27-20-24-23-18(25(20)3)16-6-4-5-7-17(16)21/h4-11,14H,12H2,1-3H3,(H,22,26). The molecule has 1 N–H and O–H groups in total. The molecular formula is C20H21FN4OS. The van der Waals surface area contributed by atoms with Crippen LogP contribution in [-0.4, -0.2) is 25.9 Å². The summed E-state index contributed by atoms with van der Waals surface area (Å²) in [5, 5.41) is 11.3. The first kappa shape index (κ1) is 19.1. The zero-order chi connectivity index (χ0) is 19.4. The van der Waals surface area contributed by atoms with Gasteiger partial charge in [-0.1, -0.05) is 53.7 Å². The Labute approximate surface area is 162 Å². The summed E-state index contributed by atoms with van der Waals surface area (Å²) in [5.74, 6) is -0.00711. The minimum absolute atomic E-state index is 0.0870. The molecule has 140 valence electrons. The summed E-state index contributed by atoms with van der Waals surface area (Å²) in [4.78, 5) is 12.4. The van der Waals surface area contributed by atoms with E-state index in [1.54, 1.807) is 29.8 Å². The van der Waals surface area contributed by atoms with Crippen LogP contribution in [0.2, 0.25) is 0 Å². The molecule has 1 amide bonds. The zero-order valence-corrected chi connectivity index (χ0v) is 16.3. The molecule has 0 spiro atoms. The van der Waals surface area contributed by atoms with Gasteiger partial charge in [0.2, 0.25) is 5.91 Å². The number of aryl methyl sites for hydroxylation is 1. The van der Waals surface area contributed by atoms with E-state index in [0.717, 1.165) is 5.56 Å². The molecule has 0 aliphatic carbocycles. The number of nitrogens with zero attached hydrogens (tertiary/aromatic N) is 3. The monoisotopic (exact) mass is 384 g/mol. The van der Waals surface area contributed by atoms with Crippen LogP contribution in [-0.2, 0) is 18.4 Å². The second-order valence-electron chi connectivity index (χ2n) is 6.31. The van der Waals surface area contributed by atoms with Gasteiger partial charge in [0.05, 0.1) is 10.8 Å². The largest absolute Gasteiger partial charge is 0.351 e. The maximum atomic E-state index is 14.0. The van der Waals surface area contributed by atoms with E-state index in [9.17, 15) is 9.18 Å². The van der Waals surface area contributed by atoms with Crippen molar-refractivity contribution in [3.63, 3.8) is 0 Å². The molecule has 0 bridgehead atoms. The topological polar surface area (TPSA) is 59.8 Å². The Bertz CT molecular complexity index is 939. The molecule has 1 aromatic heterocycles. The molecule has 7 heteroatoms. The summed E-state index contributed by atoms with van der Waals surface area (Å²) in [7, 11) is 1.76. The van der Waals surface area contributed by atoms with E-state index in [4.69, 9.17) is 0 Å². The third-order valence-corrected chi connectivity index (χ3v) is 5.32. The lowest BCUT2D eigenvalue weighted by atomic mass is 10.1. The van der Waals surface area contributed by atoms with Crippen molar-refractivity contribution in [2.45, 2.75) is 30.8 Å². The first-order chi connectivity index (χ1) is 13.0. The molecule has 0 aliphatic heterocycles. The SMILES string of the molecule is Cc1ccc(CNC(=O)C(C)Sc2nnc(-c3ccccc3F)n2C)cc1. The van der Waals surface area contributed by atoms with Crippen LogP contribution < -0.4 is 5.32 Å². The van der Waals surface area contributed by atoms with Crippen LogP contribution in [0, 0.1) is 12.7 Å². The maximum Gasteiger partial charge on any atom is 0.233 e. The summed E-state index contributed by atoms with van der Waals surface area (Å²) in [6.07, 6.45) is 0. The fraction of sp³-hybridized carbons (Fsp3) is 0.250. The molecular weight excluding hydrogens is 363 g/mol. The minimum Gasteiger partial charge on any atom is -0.351 e. The third kappa shape index (κ3) is 4.54. The van der Waals surface area contributed by atoms with Crippen LogP contribution in [0.5, 0.6) is 0 Å². The highest BCUT2D eigenvalue weighted by atomic mass is 32.2. The summed E-state index contributed by atoms with van der Waals surface area (Å²) in [6, 6.07) is 14.5. The van der Waals surface area contributed by atoms with Crippen molar-refractivity contribution in [3.8, 4) is 11.4 Å². The van der Waals surface area contributed by atoms with E-state index in [1.165, 1.54) is 23.4 Å². The van der Waals surface area contributed by atoms with Crippen LogP contribution in [0.25, 0.3) is 11.4 Å². The van der Waals surface area contributed by atoms with E-state index >= 15 is 0 Å². The lowest BCUT2D eigenvalue weighted by Gasteiger charge is -2.12. The van der Waals surface area contributed by atoms with Gasteiger partial charge in [-0.15, -0.1) is 10.2 Å². The summed E-state index contributed by atoms with van der Waals surface area (Å²) < 4.78 is 15.7. The van der Waals surface area contributed by atoms with E-state index in [2.05, 4.69) is 15.5 Å². The average Bonchev–Trinajstić information content (AvgIpc) is 3.01. The fourth-order valence-electron chi connectivity index (χ4n) is 2.55. The summed E-state index contributed by atoms with van der Waals surface area (Å²) in [5.41, 5.74) is 2.62. The Kier molecular flexibility index (Phi) is 5.91. The molecule has 3 aromatic rings. The Morgan fingerprint density at radius 2 is 1.89 bits per heavy atom. The van der Waals surface area contributed by atoms with E-state index in [1.807, 2.05) is 38.1 Å². The van der Waals surface area contributed by atoms with E-state index in [-0.39, 0.29) is 17.0 Å². The Morgan fingerprint density at radius 1 is 1.19 bits per heavy atom. The molecule has 0 radical (unpaired) electrons. The number of amides is 1. The molecule has 27 heavy (non-hydrogen) atoms. The molecule has 0 saturated heterocycles. The van der Waals surface area contributed by atoms with Crippen LogP contribution in [0.4, 0.5) is 4.39 Å². The van der Waals surface area contributed by atoms with E-state index in [0.29, 0.717) is 23.1 Å². The van der Waals surface area contributed by atoms with Crippen LogP contribution in [0.3, 0.4) is 0 Å². The van der Waals surface area contributed by atoms with E-state index < -0.39 is 0 Å². The number of nitrogens with one attached hydrogen (secondary N) is 1. The number of hydrogen-bond donors (Lipinski definition) is 1. The highest BCUT2D eigenvalue weighted by Crippen LogP contribution is 2.27. The number of benzene rings is 2. The van der Waals surface area contributed by atoms with Crippen LogP contribution in [0.1, 0.15) is 18.1 Å². The Balaban J connectivity index is 1.64. The molecule has 2 aromatic carbocycles. The normalized spacial score (nSPS) is 12.0. The first-order valence-electron chi connectivity index (χ1n) is 8.60.